The van der Waals surface area contributed by atoms with E-state index >= 15 is 4.79 Å². The normalized spacial score (nSPS) is 24.7. The highest BCUT2D eigenvalue weighted by Gasteiger charge is 2.47. The number of aromatic nitrogens is 1. The summed E-state index contributed by atoms with van der Waals surface area (Å²) in [6.07, 6.45) is -0.525. The minimum Gasteiger partial charge on any atom is -0.508 e. The number of hydrogen-bond donors (Lipinski definition) is 9. The van der Waals surface area contributed by atoms with Gasteiger partial charge >= 0.3 is 11.9 Å². The van der Waals surface area contributed by atoms with Gasteiger partial charge in [0, 0.05) is 43.4 Å². The molecule has 2 aliphatic heterocycles. The van der Waals surface area contributed by atoms with Crippen molar-refractivity contribution in [3.05, 3.63) is 65.9 Å². The second-order valence-electron chi connectivity index (χ2n) is 19.2. The number of nitrogens with zero attached hydrogens (tertiary/aromatic N) is 2. The number of amides is 7. The molecule has 72 heavy (non-hydrogen) atoms. The maximum Gasteiger partial charge on any atom is 0.329 e. The van der Waals surface area contributed by atoms with Crippen molar-refractivity contribution in [2.75, 3.05) is 7.05 Å². The van der Waals surface area contributed by atoms with Crippen LogP contribution in [0.4, 0.5) is 0 Å². The van der Waals surface area contributed by atoms with Gasteiger partial charge in [0.1, 0.15) is 60.4 Å². The van der Waals surface area contributed by atoms with Crippen molar-refractivity contribution in [1.29, 1.82) is 0 Å². The number of aromatic hydroxyl groups is 1. The van der Waals surface area contributed by atoms with Crippen LogP contribution in [0.5, 0.6) is 5.75 Å². The van der Waals surface area contributed by atoms with Crippen LogP contribution in [0.3, 0.4) is 0 Å². The van der Waals surface area contributed by atoms with E-state index in [2.05, 4.69) is 31.6 Å². The summed E-state index contributed by atoms with van der Waals surface area (Å²) in [4.78, 5) is 133. The fourth-order valence-electron chi connectivity index (χ4n) is 9.02. The van der Waals surface area contributed by atoms with E-state index in [1.807, 2.05) is 31.2 Å². The van der Waals surface area contributed by atoms with E-state index in [9.17, 15) is 53.7 Å². The highest BCUT2D eigenvalue weighted by molar-refractivity contribution is 5.99. The number of ether oxygens (including phenoxy) is 1. The summed E-state index contributed by atoms with van der Waals surface area (Å²) in [7, 11) is 1.40. The number of aromatic amines is 1. The molecule has 0 radical (unpaired) electrons. The lowest BCUT2D eigenvalue weighted by atomic mass is 9.91. The van der Waals surface area contributed by atoms with E-state index < -0.39 is 126 Å². The fraction of sp³-hybridized carbons (Fsp3) is 0.549. The van der Waals surface area contributed by atoms with E-state index in [1.165, 1.54) is 43.1 Å². The molecule has 2 fully saturated rings. The number of aliphatic carboxylic acids is 1. The Bertz CT molecular complexity index is 2440. The maximum absolute atomic E-state index is 15.1. The maximum atomic E-state index is 15.1. The van der Waals surface area contributed by atoms with Gasteiger partial charge in [0.2, 0.25) is 41.4 Å². The standard InChI is InChI=1S/C51H70N8O13/c1-8-10-11-16-39(61)53-37(25-41(63)64)46(66)57-43-29(6)72-51(71)42(27(3)4)56-47(67)38(24-31-26-52-34-15-13-12-14-33(31)34)58(7)50(70)44(28(5)9-2)59-40(62)22-21-35(49(59)69)54-45(65)36(55-48(43)68)23-30-17-19-32(60)20-18-30/h12-15,17-20,26-29,35-38,40,42-44,52,60,62H,8-11,16,21-25H2,1-7H3,(H,53,61)(H,54,65)(H,55,68)(H,56,67)(H,57,66)(H,63,64)/t28-,29-,35-,36-,37-,38-,40+,42-,43-,44-/m0/s1. The number of H-pyrrole nitrogens is 1. The molecule has 2 saturated heterocycles. The third kappa shape index (κ3) is 14.1. The molecule has 2 aliphatic rings. The Morgan fingerprint density at radius 3 is 2.21 bits per heavy atom. The Morgan fingerprint density at radius 2 is 1.56 bits per heavy atom. The second-order valence-corrected chi connectivity index (χ2v) is 19.2. The molecule has 1 aromatic heterocycles. The van der Waals surface area contributed by atoms with E-state index in [-0.39, 0.29) is 37.9 Å². The Balaban J connectivity index is 1.63. The molecule has 3 aromatic rings. The predicted octanol–water partition coefficient (Wildman–Crippen LogP) is 1.92. The van der Waals surface area contributed by atoms with E-state index in [4.69, 9.17) is 4.74 Å². The van der Waals surface area contributed by atoms with Gasteiger partial charge in [-0.1, -0.05) is 84.2 Å². The molecular weight excluding hydrogens is 933 g/mol. The first kappa shape index (κ1) is 55.9. The Hall–Kier alpha value is -7.03. The second kappa shape index (κ2) is 25.4. The predicted molar refractivity (Wildman–Crippen MR) is 262 cm³/mol. The van der Waals surface area contributed by atoms with Crippen LogP contribution in [0, 0.1) is 11.8 Å². The van der Waals surface area contributed by atoms with Crippen LogP contribution in [-0.2, 0) is 60.7 Å². The molecule has 392 valence electrons. The average Bonchev–Trinajstić information content (AvgIpc) is 3.75. The third-order valence-electron chi connectivity index (χ3n) is 13.5. The monoisotopic (exact) mass is 1000 g/mol. The van der Waals surface area contributed by atoms with Crippen LogP contribution in [0.1, 0.15) is 104 Å². The van der Waals surface area contributed by atoms with Crippen LogP contribution in [0.25, 0.3) is 10.9 Å². The molecule has 7 amide bonds. The number of esters is 1. The van der Waals surface area contributed by atoms with Crippen molar-refractivity contribution in [1.82, 2.24) is 41.4 Å². The summed E-state index contributed by atoms with van der Waals surface area (Å²) in [6, 6.07) is 2.40. The number of carboxylic acids is 1. The van der Waals surface area contributed by atoms with Crippen LogP contribution < -0.4 is 26.6 Å². The number of hydrogen-bond acceptors (Lipinski definition) is 12. The first-order chi connectivity index (χ1) is 34.1. The summed E-state index contributed by atoms with van der Waals surface area (Å²) < 4.78 is 5.89. The first-order valence-electron chi connectivity index (χ1n) is 24.7. The SMILES string of the molecule is CCCCCC(=O)N[C@@H](CC(=O)O)C(=O)N[C@@H]1C(=O)N[C@@H](Cc2ccc(O)cc2)C(=O)N[C@H]2CC[C@@H](O)N(C2=O)[C@@H]([C@@H](C)CC)C(=O)N(C)[C@@H](Cc2c[nH]c3ccccc23)C(=O)N[C@@H](C(C)C)C(=O)O[C@H]1C. The number of phenolic OH excluding ortho intramolecular Hbond substituents is 1. The Labute approximate surface area is 418 Å². The number of likely N-dealkylation sites (N-methyl/N-ethyl adjacent to an activating group) is 1. The zero-order valence-electron chi connectivity index (χ0n) is 41.9. The van der Waals surface area contributed by atoms with Gasteiger partial charge in [-0.3, -0.25) is 38.4 Å². The third-order valence-corrected chi connectivity index (χ3v) is 13.5. The van der Waals surface area contributed by atoms with Gasteiger partial charge in [-0.05, 0) is 67.3 Å². The number of unbranched alkanes of at least 4 members (excludes halogenated alkanes) is 2. The zero-order valence-corrected chi connectivity index (χ0v) is 41.9. The minimum absolute atomic E-state index is 0.0172. The number of phenols is 1. The lowest BCUT2D eigenvalue weighted by Gasteiger charge is -2.44. The van der Waals surface area contributed by atoms with Crippen molar-refractivity contribution < 1.29 is 63.2 Å². The number of para-hydroxylation sites is 1. The molecule has 0 unspecified atom stereocenters. The minimum atomic E-state index is -1.88. The largest absolute Gasteiger partial charge is 0.508 e. The van der Waals surface area contributed by atoms with Crippen molar-refractivity contribution in [3.8, 4) is 5.75 Å². The van der Waals surface area contributed by atoms with Gasteiger partial charge in [-0.2, -0.15) is 0 Å². The van der Waals surface area contributed by atoms with Gasteiger partial charge in [0.15, 0.2) is 0 Å². The molecule has 21 heteroatoms. The number of aliphatic hydroxyl groups is 1. The van der Waals surface area contributed by atoms with Gasteiger partial charge in [-0.25, -0.2) is 4.79 Å². The van der Waals surface area contributed by atoms with Gasteiger partial charge in [0.25, 0.3) is 0 Å². The summed E-state index contributed by atoms with van der Waals surface area (Å²) in [6.45, 7) is 9.94. The van der Waals surface area contributed by atoms with Crippen LogP contribution in [-0.4, -0.2) is 145 Å². The van der Waals surface area contributed by atoms with Crippen molar-refractivity contribution >= 4 is 64.2 Å². The van der Waals surface area contributed by atoms with Gasteiger partial charge in [-0.15, -0.1) is 0 Å². The number of fused-ring (bicyclic) bond motifs is 3. The molecule has 2 aromatic carbocycles. The molecule has 0 spiro atoms. The highest BCUT2D eigenvalue weighted by Crippen LogP contribution is 2.29. The summed E-state index contributed by atoms with van der Waals surface area (Å²) in [5.74, 6) is -9.97. The van der Waals surface area contributed by atoms with Crippen molar-refractivity contribution in [3.63, 3.8) is 0 Å². The van der Waals surface area contributed by atoms with Crippen LogP contribution in [0.2, 0.25) is 0 Å². The molecular formula is C51H70N8O13. The lowest BCUT2D eigenvalue weighted by molar-refractivity contribution is -0.168. The fourth-order valence-corrected chi connectivity index (χ4v) is 9.02. The Morgan fingerprint density at radius 1 is 0.861 bits per heavy atom. The van der Waals surface area contributed by atoms with Crippen LogP contribution in [0.15, 0.2) is 54.7 Å². The smallest absolute Gasteiger partial charge is 0.329 e. The number of carbonyl (C=O) groups is 9. The number of carbonyl (C=O) groups excluding carboxylic acids is 8. The number of piperidine rings is 1. The average molecular weight is 1000 g/mol. The first-order valence-corrected chi connectivity index (χ1v) is 24.7. The number of carboxylic acid groups (broad SMARTS) is 1. The van der Waals surface area contributed by atoms with Crippen molar-refractivity contribution in [2.24, 2.45) is 11.8 Å². The molecule has 3 heterocycles. The number of aliphatic hydroxyl groups excluding tert-OH is 1. The van der Waals surface area contributed by atoms with Crippen LogP contribution >= 0.6 is 0 Å². The molecule has 10 atom stereocenters. The molecule has 5 rings (SSSR count). The summed E-state index contributed by atoms with van der Waals surface area (Å²) >= 11 is 0. The molecule has 0 aliphatic carbocycles. The van der Waals surface area contributed by atoms with Gasteiger partial charge in [0.05, 0.1) is 6.42 Å². The molecule has 2 bridgehead atoms. The molecule has 0 saturated carbocycles. The van der Waals surface area contributed by atoms with E-state index in [0.29, 0.717) is 30.4 Å². The quantitative estimate of drug-likeness (QED) is 0.0733. The number of nitrogens with one attached hydrogen (secondary N) is 6. The number of cyclic esters (lactones) is 1. The van der Waals surface area contributed by atoms with E-state index in [0.717, 1.165) is 22.2 Å². The molecule has 21 nitrogen and oxygen atoms in total. The topological polar surface area (TPSA) is 306 Å². The molecule has 9 N–H and O–H groups in total. The van der Waals surface area contributed by atoms with Gasteiger partial charge < -0.3 is 61.4 Å². The van der Waals surface area contributed by atoms with Crippen molar-refractivity contribution in [2.45, 2.75) is 160 Å². The number of benzene rings is 2. The highest BCUT2D eigenvalue weighted by atomic mass is 16.5. The Kier molecular flexibility index (Phi) is 19.7. The van der Waals surface area contributed by atoms with E-state index in [1.54, 1.807) is 33.9 Å². The summed E-state index contributed by atoms with van der Waals surface area (Å²) in [5, 5.41) is 45.0. The summed E-state index contributed by atoms with van der Waals surface area (Å²) in [5.41, 5.74) is 1.82. The zero-order chi connectivity index (χ0) is 53.0. The number of rotatable bonds is 16. The lowest BCUT2D eigenvalue weighted by Crippen LogP contribution is -2.66.